The summed E-state index contributed by atoms with van der Waals surface area (Å²) in [6.07, 6.45) is 4.22. The van der Waals surface area contributed by atoms with Gasteiger partial charge in [-0.2, -0.15) is 0 Å². The largest absolute Gasteiger partial charge is 0.469 e. The summed E-state index contributed by atoms with van der Waals surface area (Å²) < 4.78 is 4.75. The van der Waals surface area contributed by atoms with E-state index in [2.05, 4.69) is 0 Å². The van der Waals surface area contributed by atoms with Crippen LogP contribution < -0.4 is 0 Å². The Morgan fingerprint density at radius 3 is 2.38 bits per heavy atom. The summed E-state index contributed by atoms with van der Waals surface area (Å²) in [5, 5.41) is 0. The van der Waals surface area contributed by atoms with Gasteiger partial charge in [0.05, 0.1) is 13.0 Å². The molecule has 1 aliphatic carbocycles. The number of rotatable bonds is 3. The molecule has 2 amide bonds. The van der Waals surface area contributed by atoms with E-state index in [1.165, 1.54) is 7.11 Å². The van der Waals surface area contributed by atoms with Gasteiger partial charge in [-0.15, -0.1) is 0 Å². The van der Waals surface area contributed by atoms with Crippen molar-refractivity contribution in [3.8, 4) is 0 Å². The molecule has 6 heteroatoms. The fourth-order valence-corrected chi connectivity index (χ4v) is 3.38. The van der Waals surface area contributed by atoms with Crippen LogP contribution in [0.1, 0.15) is 32.1 Å². The van der Waals surface area contributed by atoms with Gasteiger partial charge < -0.3 is 14.5 Å². The van der Waals surface area contributed by atoms with Crippen molar-refractivity contribution in [1.29, 1.82) is 0 Å². The number of nitrogens with zero attached hydrogens (tertiary/aromatic N) is 2. The Morgan fingerprint density at radius 2 is 1.71 bits per heavy atom. The minimum absolute atomic E-state index is 0.00732. The molecule has 0 aromatic heterocycles. The predicted octanol–water partition coefficient (Wildman–Crippen LogP) is 0.409. The first kappa shape index (κ1) is 14.4. The van der Waals surface area contributed by atoms with Gasteiger partial charge in [0.15, 0.2) is 0 Å². The minimum atomic E-state index is -0.311. The van der Waals surface area contributed by atoms with Gasteiger partial charge in [-0.05, 0) is 32.1 Å². The smallest absolute Gasteiger partial charge is 0.310 e. The average Bonchev–Trinajstić information content (AvgIpc) is 3.04. The molecule has 21 heavy (non-hydrogen) atoms. The number of hydrogen-bond acceptors (Lipinski definition) is 4. The van der Waals surface area contributed by atoms with Gasteiger partial charge in [-0.1, -0.05) is 0 Å². The molecule has 116 valence electrons. The third kappa shape index (κ3) is 2.76. The fraction of sp³-hybridized carbons (Fsp3) is 0.800. The standard InChI is InChI=1S/C15H22N2O4/c1-21-15(20)11-6-8-16(9-11)14(19)12-3-2-7-17(12)13(18)10-4-5-10/h10-12H,2-9H2,1H3. The van der Waals surface area contributed by atoms with E-state index in [-0.39, 0.29) is 35.7 Å². The van der Waals surface area contributed by atoms with E-state index in [9.17, 15) is 14.4 Å². The van der Waals surface area contributed by atoms with Crippen molar-refractivity contribution >= 4 is 17.8 Å². The van der Waals surface area contributed by atoms with Crippen LogP contribution in [0, 0.1) is 11.8 Å². The number of methoxy groups -OCH3 is 1. The van der Waals surface area contributed by atoms with Crippen LogP contribution >= 0.6 is 0 Å². The molecule has 2 saturated heterocycles. The summed E-state index contributed by atoms with van der Waals surface area (Å²) in [7, 11) is 1.37. The molecule has 3 aliphatic rings. The quantitative estimate of drug-likeness (QED) is 0.707. The van der Waals surface area contributed by atoms with Crippen molar-refractivity contribution in [3.63, 3.8) is 0 Å². The normalized spacial score (nSPS) is 28.8. The zero-order valence-corrected chi connectivity index (χ0v) is 12.4. The van der Waals surface area contributed by atoms with E-state index < -0.39 is 0 Å². The lowest BCUT2D eigenvalue weighted by Crippen LogP contribution is -2.47. The molecule has 1 saturated carbocycles. The van der Waals surface area contributed by atoms with Crippen LogP contribution in [0.5, 0.6) is 0 Å². The Balaban J connectivity index is 1.62. The number of carbonyl (C=O) groups excluding carboxylic acids is 3. The third-order valence-electron chi connectivity index (χ3n) is 4.78. The second-order valence-electron chi connectivity index (χ2n) is 6.26. The Labute approximate surface area is 124 Å². The van der Waals surface area contributed by atoms with E-state index in [4.69, 9.17) is 4.74 Å². The molecule has 0 aromatic rings. The van der Waals surface area contributed by atoms with Gasteiger partial charge in [-0.25, -0.2) is 0 Å². The molecule has 2 atom stereocenters. The summed E-state index contributed by atoms with van der Waals surface area (Å²) in [6, 6.07) is -0.311. The monoisotopic (exact) mass is 294 g/mol. The minimum Gasteiger partial charge on any atom is -0.469 e. The zero-order valence-electron chi connectivity index (χ0n) is 12.4. The van der Waals surface area contributed by atoms with Crippen molar-refractivity contribution in [3.05, 3.63) is 0 Å². The summed E-state index contributed by atoms with van der Waals surface area (Å²) in [5.41, 5.74) is 0. The van der Waals surface area contributed by atoms with E-state index >= 15 is 0 Å². The zero-order chi connectivity index (χ0) is 15.0. The maximum atomic E-state index is 12.6. The molecule has 0 N–H and O–H groups in total. The molecule has 0 bridgehead atoms. The molecular weight excluding hydrogens is 272 g/mol. The van der Waals surface area contributed by atoms with Crippen molar-refractivity contribution in [1.82, 2.24) is 9.80 Å². The predicted molar refractivity (Wildman–Crippen MR) is 74.2 cm³/mol. The molecule has 3 fully saturated rings. The SMILES string of the molecule is COC(=O)C1CCN(C(=O)C2CCCN2C(=O)C2CC2)C1. The summed E-state index contributed by atoms with van der Waals surface area (Å²) in [4.78, 5) is 39.9. The molecular formula is C15H22N2O4. The van der Waals surface area contributed by atoms with Gasteiger partial charge in [0.25, 0.3) is 0 Å². The second-order valence-corrected chi connectivity index (χ2v) is 6.26. The van der Waals surface area contributed by atoms with Crippen LogP contribution in [0.2, 0.25) is 0 Å². The van der Waals surface area contributed by atoms with Crippen LogP contribution in [0.25, 0.3) is 0 Å². The topological polar surface area (TPSA) is 66.9 Å². The van der Waals surface area contributed by atoms with E-state index in [0.717, 1.165) is 25.7 Å². The highest BCUT2D eigenvalue weighted by molar-refractivity contribution is 5.90. The van der Waals surface area contributed by atoms with Crippen LogP contribution in [0.3, 0.4) is 0 Å². The first-order valence-corrected chi connectivity index (χ1v) is 7.79. The number of amides is 2. The Bertz CT molecular complexity index is 461. The first-order valence-electron chi connectivity index (χ1n) is 7.79. The van der Waals surface area contributed by atoms with Crippen LogP contribution in [-0.4, -0.2) is 60.4 Å². The highest BCUT2D eigenvalue weighted by Gasteiger charge is 2.43. The van der Waals surface area contributed by atoms with Crippen molar-refractivity contribution in [2.24, 2.45) is 11.8 Å². The van der Waals surface area contributed by atoms with Crippen LogP contribution in [-0.2, 0) is 19.1 Å². The van der Waals surface area contributed by atoms with Gasteiger partial charge >= 0.3 is 5.97 Å². The number of carbonyl (C=O) groups is 3. The highest BCUT2D eigenvalue weighted by Crippen LogP contribution is 2.34. The number of likely N-dealkylation sites (tertiary alicyclic amines) is 2. The molecule has 2 heterocycles. The summed E-state index contributed by atoms with van der Waals surface area (Å²) in [6.45, 7) is 1.70. The maximum absolute atomic E-state index is 12.6. The second kappa shape index (κ2) is 5.66. The molecule has 0 aromatic carbocycles. The lowest BCUT2D eigenvalue weighted by atomic mass is 10.1. The van der Waals surface area contributed by atoms with Crippen molar-refractivity contribution in [2.75, 3.05) is 26.7 Å². The molecule has 6 nitrogen and oxygen atoms in total. The molecule has 0 radical (unpaired) electrons. The summed E-state index contributed by atoms with van der Waals surface area (Å²) in [5.74, 6) is -0.155. The lowest BCUT2D eigenvalue weighted by molar-refractivity contribution is -0.146. The van der Waals surface area contributed by atoms with Gasteiger partial charge in [-0.3, -0.25) is 14.4 Å². The maximum Gasteiger partial charge on any atom is 0.310 e. The number of hydrogen-bond donors (Lipinski definition) is 0. The van der Waals surface area contributed by atoms with Crippen LogP contribution in [0.4, 0.5) is 0 Å². The Kier molecular flexibility index (Phi) is 3.87. The molecule has 2 unspecified atom stereocenters. The lowest BCUT2D eigenvalue weighted by Gasteiger charge is -2.28. The Morgan fingerprint density at radius 1 is 0.952 bits per heavy atom. The van der Waals surface area contributed by atoms with Crippen LogP contribution in [0.15, 0.2) is 0 Å². The summed E-state index contributed by atoms with van der Waals surface area (Å²) >= 11 is 0. The van der Waals surface area contributed by atoms with Gasteiger partial charge in [0.1, 0.15) is 6.04 Å². The van der Waals surface area contributed by atoms with Crippen molar-refractivity contribution < 1.29 is 19.1 Å². The van der Waals surface area contributed by atoms with Gasteiger partial charge in [0.2, 0.25) is 11.8 Å². The fourth-order valence-electron chi connectivity index (χ4n) is 3.38. The van der Waals surface area contributed by atoms with Gasteiger partial charge in [0, 0.05) is 25.6 Å². The van der Waals surface area contributed by atoms with Crippen molar-refractivity contribution in [2.45, 2.75) is 38.1 Å². The first-order chi connectivity index (χ1) is 10.1. The number of esters is 1. The van der Waals surface area contributed by atoms with E-state index in [1.807, 2.05) is 0 Å². The molecule has 3 rings (SSSR count). The average molecular weight is 294 g/mol. The molecule has 0 spiro atoms. The van der Waals surface area contributed by atoms with E-state index in [1.54, 1.807) is 9.80 Å². The Hall–Kier alpha value is -1.59. The van der Waals surface area contributed by atoms with E-state index in [0.29, 0.717) is 26.1 Å². The number of ether oxygens (including phenoxy) is 1. The highest BCUT2D eigenvalue weighted by atomic mass is 16.5. The third-order valence-corrected chi connectivity index (χ3v) is 4.78. The molecule has 2 aliphatic heterocycles.